The summed E-state index contributed by atoms with van der Waals surface area (Å²) >= 11 is 0. The quantitative estimate of drug-likeness (QED) is 0.571. The lowest BCUT2D eigenvalue weighted by Crippen LogP contribution is -2.16. The van der Waals surface area contributed by atoms with Crippen LogP contribution in [0.25, 0.3) is 0 Å². The van der Waals surface area contributed by atoms with Crippen LogP contribution in [0.2, 0.25) is 0 Å². The van der Waals surface area contributed by atoms with E-state index in [1.807, 2.05) is 0 Å². The number of aromatic nitrogens is 2. The second-order valence-corrected chi connectivity index (χ2v) is 6.85. The summed E-state index contributed by atoms with van der Waals surface area (Å²) in [4.78, 5) is 7.53. The minimum atomic E-state index is -4.46. The highest BCUT2D eigenvalue weighted by Gasteiger charge is 2.31. The monoisotopic (exact) mass is 416 g/mol. The van der Waals surface area contributed by atoms with Crippen molar-refractivity contribution < 1.29 is 26.3 Å². The molecule has 0 saturated carbocycles. The fraction of sp³-hybridized carbons (Fsp3) is 0.368. The average molecular weight is 416 g/mol. The summed E-state index contributed by atoms with van der Waals surface area (Å²) in [5.41, 5.74) is 9.98. The van der Waals surface area contributed by atoms with Gasteiger partial charge in [-0.1, -0.05) is 24.0 Å². The Labute approximate surface area is 163 Å². The molecule has 0 amide bonds. The number of nitrogens with two attached hydrogens (primary N) is 2. The molecule has 156 valence electrons. The van der Waals surface area contributed by atoms with Crippen LogP contribution in [0.15, 0.2) is 24.3 Å². The number of anilines is 2. The van der Waals surface area contributed by atoms with Crippen LogP contribution in [0.1, 0.15) is 42.7 Å². The van der Waals surface area contributed by atoms with Crippen LogP contribution in [-0.2, 0) is 18.0 Å². The zero-order valence-corrected chi connectivity index (χ0v) is 15.5. The molecule has 4 nitrogen and oxygen atoms in total. The number of nitrogen functional groups attached to an aromatic ring is 2. The van der Waals surface area contributed by atoms with Crippen molar-refractivity contribution in [3.05, 3.63) is 46.6 Å². The van der Waals surface area contributed by atoms with E-state index >= 15 is 0 Å². The lowest BCUT2D eigenvalue weighted by atomic mass is 9.84. The molecular weight excluding hydrogens is 398 g/mol. The fourth-order valence-corrected chi connectivity index (χ4v) is 2.49. The van der Waals surface area contributed by atoms with Crippen LogP contribution in [0, 0.1) is 11.8 Å². The molecule has 0 unspecified atom stereocenters. The highest BCUT2D eigenvalue weighted by atomic mass is 19.4. The fourth-order valence-electron chi connectivity index (χ4n) is 2.49. The summed E-state index contributed by atoms with van der Waals surface area (Å²) in [6, 6.07) is 4.47. The lowest BCUT2D eigenvalue weighted by Gasteiger charge is -2.19. The van der Waals surface area contributed by atoms with Gasteiger partial charge in [-0.2, -0.15) is 31.3 Å². The zero-order valence-electron chi connectivity index (χ0n) is 15.5. The molecule has 2 rings (SSSR count). The van der Waals surface area contributed by atoms with Gasteiger partial charge in [0.15, 0.2) is 0 Å². The number of halogens is 6. The maximum atomic E-state index is 12.7. The third-order valence-electron chi connectivity index (χ3n) is 4.11. The number of rotatable bonds is 3. The number of hydrogen-bond acceptors (Lipinski definition) is 4. The van der Waals surface area contributed by atoms with E-state index in [0.29, 0.717) is 5.56 Å². The van der Waals surface area contributed by atoms with Gasteiger partial charge in [-0.25, -0.2) is 4.98 Å². The molecule has 4 N–H and O–H groups in total. The molecule has 0 aliphatic rings. The third-order valence-corrected chi connectivity index (χ3v) is 4.11. The second kappa shape index (κ2) is 7.81. The van der Waals surface area contributed by atoms with Crippen molar-refractivity contribution >= 4 is 11.8 Å². The summed E-state index contributed by atoms with van der Waals surface area (Å²) in [6.07, 6.45) is -10.5. The smallest absolute Gasteiger partial charge is 0.382 e. The van der Waals surface area contributed by atoms with E-state index in [9.17, 15) is 26.3 Å². The number of nitrogens with zero attached hydrogens (tertiary/aromatic N) is 2. The maximum Gasteiger partial charge on any atom is 0.416 e. The van der Waals surface area contributed by atoms with Crippen molar-refractivity contribution in [1.82, 2.24) is 9.97 Å². The summed E-state index contributed by atoms with van der Waals surface area (Å²) in [5, 5.41) is 0. The van der Waals surface area contributed by atoms with Gasteiger partial charge in [-0.15, -0.1) is 0 Å². The highest BCUT2D eigenvalue weighted by molar-refractivity contribution is 5.56. The first-order valence-corrected chi connectivity index (χ1v) is 8.38. The normalized spacial score (nSPS) is 12.4. The molecule has 0 fully saturated rings. The van der Waals surface area contributed by atoms with Crippen molar-refractivity contribution in [2.24, 2.45) is 0 Å². The largest absolute Gasteiger partial charge is 0.416 e. The van der Waals surface area contributed by atoms with Gasteiger partial charge in [-0.05, 0) is 38.0 Å². The van der Waals surface area contributed by atoms with E-state index in [-0.39, 0.29) is 23.0 Å². The Hall–Kier alpha value is -2.96. The Morgan fingerprint density at radius 1 is 0.897 bits per heavy atom. The van der Waals surface area contributed by atoms with Gasteiger partial charge in [0, 0.05) is 6.42 Å². The Morgan fingerprint density at radius 3 is 1.97 bits per heavy atom. The number of hydrogen-bond donors (Lipinski definition) is 2. The summed E-state index contributed by atoms with van der Waals surface area (Å²) in [5.74, 6) is 5.09. The first-order chi connectivity index (χ1) is 13.2. The Bertz CT molecular complexity index is 935. The summed E-state index contributed by atoms with van der Waals surface area (Å²) < 4.78 is 75.8. The average Bonchev–Trinajstić information content (AvgIpc) is 2.57. The van der Waals surface area contributed by atoms with Crippen molar-refractivity contribution in [2.75, 3.05) is 11.5 Å². The molecule has 0 aliphatic heterocycles. The van der Waals surface area contributed by atoms with Crippen LogP contribution in [0.4, 0.5) is 38.1 Å². The van der Waals surface area contributed by atoms with E-state index in [1.54, 1.807) is 13.8 Å². The summed E-state index contributed by atoms with van der Waals surface area (Å²) in [7, 11) is 0. The van der Waals surface area contributed by atoms with Gasteiger partial charge in [0.1, 0.15) is 5.82 Å². The standard InChI is InChI=1S/C19H18F6N4/c1-17(2,11-3-5-12(6-4-11)19(23,24)25)9-7-13-14(8-10-18(20,21)22)28-16(27)29-15(13)26/h3-6H,8,10H2,1-2H3,(H4,26,27,28,29). The molecule has 0 saturated heterocycles. The van der Waals surface area contributed by atoms with Gasteiger partial charge >= 0.3 is 12.4 Å². The predicted octanol–water partition coefficient (Wildman–Crippen LogP) is 4.48. The predicted molar refractivity (Wildman–Crippen MR) is 96.6 cm³/mol. The van der Waals surface area contributed by atoms with E-state index in [1.165, 1.54) is 12.1 Å². The van der Waals surface area contributed by atoms with Crippen LogP contribution in [0.3, 0.4) is 0 Å². The molecule has 0 bridgehead atoms. The third kappa shape index (κ3) is 6.01. The van der Waals surface area contributed by atoms with E-state index < -0.39 is 36.2 Å². The van der Waals surface area contributed by atoms with E-state index in [4.69, 9.17) is 11.5 Å². The minimum absolute atomic E-state index is 0.0171. The van der Waals surface area contributed by atoms with Crippen LogP contribution in [-0.4, -0.2) is 16.1 Å². The number of aryl methyl sites for hydroxylation is 1. The van der Waals surface area contributed by atoms with Crippen LogP contribution >= 0.6 is 0 Å². The van der Waals surface area contributed by atoms with Crippen LogP contribution in [0.5, 0.6) is 0 Å². The SMILES string of the molecule is CC(C)(C#Cc1c(N)nc(N)nc1CCC(F)(F)F)c1ccc(C(F)(F)F)cc1. The molecule has 10 heteroatoms. The molecule has 2 aromatic rings. The van der Waals surface area contributed by atoms with E-state index in [0.717, 1.165) is 12.1 Å². The molecule has 1 aromatic carbocycles. The van der Waals surface area contributed by atoms with Gasteiger partial charge in [0.2, 0.25) is 5.95 Å². The zero-order chi connectivity index (χ0) is 22.0. The topological polar surface area (TPSA) is 77.8 Å². The molecule has 1 heterocycles. The van der Waals surface area contributed by atoms with E-state index in [2.05, 4.69) is 21.8 Å². The Morgan fingerprint density at radius 2 is 1.45 bits per heavy atom. The summed E-state index contributed by atoms with van der Waals surface area (Å²) in [6.45, 7) is 3.32. The van der Waals surface area contributed by atoms with Gasteiger partial charge in [-0.3, -0.25) is 0 Å². The van der Waals surface area contributed by atoms with Crippen LogP contribution < -0.4 is 11.5 Å². The van der Waals surface area contributed by atoms with Gasteiger partial charge in [0.25, 0.3) is 0 Å². The Balaban J connectivity index is 2.38. The minimum Gasteiger partial charge on any atom is -0.382 e. The lowest BCUT2D eigenvalue weighted by molar-refractivity contribution is -0.137. The maximum absolute atomic E-state index is 12.7. The Kier molecular flexibility index (Phi) is 6.02. The molecule has 1 aromatic heterocycles. The second-order valence-electron chi connectivity index (χ2n) is 6.85. The first kappa shape index (κ1) is 22.3. The highest BCUT2D eigenvalue weighted by Crippen LogP contribution is 2.31. The van der Waals surface area contributed by atoms with Crippen molar-refractivity contribution in [2.45, 2.75) is 44.5 Å². The molecule has 0 spiro atoms. The first-order valence-electron chi connectivity index (χ1n) is 8.38. The molecule has 0 radical (unpaired) electrons. The molecular formula is C19H18F6N4. The molecule has 0 atom stereocenters. The van der Waals surface area contributed by atoms with Crippen molar-refractivity contribution in [3.8, 4) is 11.8 Å². The molecule has 0 aliphatic carbocycles. The van der Waals surface area contributed by atoms with Crippen molar-refractivity contribution in [1.29, 1.82) is 0 Å². The van der Waals surface area contributed by atoms with Gasteiger partial charge in [0.05, 0.1) is 22.2 Å². The van der Waals surface area contributed by atoms with Crippen molar-refractivity contribution in [3.63, 3.8) is 0 Å². The number of benzene rings is 1. The number of alkyl halides is 6. The van der Waals surface area contributed by atoms with Gasteiger partial charge < -0.3 is 11.5 Å². The molecule has 29 heavy (non-hydrogen) atoms.